The van der Waals surface area contributed by atoms with Crippen molar-refractivity contribution in [3.63, 3.8) is 0 Å². The smallest absolute Gasteiger partial charge is 0.233 e. The third-order valence-corrected chi connectivity index (χ3v) is 7.04. The fraction of sp³-hybridized carbons (Fsp3) is 0.375. The molecular weight excluding hydrogens is 440 g/mol. The Morgan fingerprint density at radius 1 is 1.12 bits per heavy atom. The summed E-state index contributed by atoms with van der Waals surface area (Å²) in [6.45, 7) is 1.88. The highest BCUT2D eigenvalue weighted by Crippen LogP contribution is 2.38. The molecule has 5 rings (SSSR count). The van der Waals surface area contributed by atoms with Crippen molar-refractivity contribution in [3.8, 4) is 28.6 Å². The standard InChI is InChI=1S/C24H26N4O4S/c1-27-23(16-5-8-18(30-2)9-6-16)25-26-24(27)33-15-22(29)28-11-3-4-19(28)17-7-10-20-21(14-17)32-13-12-31-20/h5-10,14,19H,3-4,11-13,15H2,1-2H3/t19-/m1/s1. The molecule has 1 fully saturated rings. The second kappa shape index (κ2) is 9.35. The van der Waals surface area contributed by atoms with Gasteiger partial charge in [0.2, 0.25) is 5.91 Å². The van der Waals surface area contributed by atoms with E-state index >= 15 is 0 Å². The molecule has 9 heteroatoms. The van der Waals surface area contributed by atoms with E-state index in [1.807, 2.05) is 59.0 Å². The number of ether oxygens (including phenoxy) is 3. The first-order chi connectivity index (χ1) is 16.1. The van der Waals surface area contributed by atoms with Crippen LogP contribution in [0, 0.1) is 0 Å². The number of amides is 1. The Kier molecular flexibility index (Phi) is 6.13. The molecule has 0 aliphatic carbocycles. The molecule has 1 saturated heterocycles. The summed E-state index contributed by atoms with van der Waals surface area (Å²) in [5.41, 5.74) is 2.04. The summed E-state index contributed by atoms with van der Waals surface area (Å²) < 4.78 is 18.5. The summed E-state index contributed by atoms with van der Waals surface area (Å²) in [5, 5.41) is 9.34. The molecule has 0 saturated carbocycles. The first kappa shape index (κ1) is 21.6. The van der Waals surface area contributed by atoms with Gasteiger partial charge in [-0.2, -0.15) is 0 Å². The molecule has 3 aromatic rings. The first-order valence-corrected chi connectivity index (χ1v) is 12.0. The van der Waals surface area contributed by atoms with Gasteiger partial charge in [0.1, 0.15) is 19.0 Å². The average molecular weight is 467 g/mol. The zero-order valence-corrected chi connectivity index (χ0v) is 19.5. The van der Waals surface area contributed by atoms with Crippen LogP contribution in [0.25, 0.3) is 11.4 Å². The van der Waals surface area contributed by atoms with Gasteiger partial charge in [-0.25, -0.2) is 0 Å². The molecule has 0 unspecified atom stereocenters. The van der Waals surface area contributed by atoms with Gasteiger partial charge in [0, 0.05) is 19.2 Å². The Hall–Kier alpha value is -3.20. The lowest BCUT2D eigenvalue weighted by Crippen LogP contribution is -2.32. The van der Waals surface area contributed by atoms with Gasteiger partial charge in [-0.3, -0.25) is 4.79 Å². The Bertz CT molecular complexity index is 1150. The van der Waals surface area contributed by atoms with E-state index in [0.717, 1.165) is 53.6 Å². The number of rotatable bonds is 6. The van der Waals surface area contributed by atoms with Gasteiger partial charge in [0.05, 0.1) is 18.9 Å². The van der Waals surface area contributed by atoms with Crippen molar-refractivity contribution in [2.45, 2.75) is 24.0 Å². The molecule has 2 aromatic carbocycles. The Labute approximate surface area is 196 Å². The highest BCUT2D eigenvalue weighted by molar-refractivity contribution is 7.99. The predicted octanol–water partition coefficient (Wildman–Crippen LogP) is 3.72. The van der Waals surface area contributed by atoms with E-state index < -0.39 is 0 Å². The van der Waals surface area contributed by atoms with Crippen molar-refractivity contribution < 1.29 is 19.0 Å². The van der Waals surface area contributed by atoms with Gasteiger partial charge in [-0.15, -0.1) is 10.2 Å². The fourth-order valence-corrected chi connectivity index (χ4v) is 5.12. The molecule has 1 amide bonds. The summed E-state index contributed by atoms with van der Waals surface area (Å²) in [7, 11) is 3.56. The molecule has 33 heavy (non-hydrogen) atoms. The summed E-state index contributed by atoms with van der Waals surface area (Å²) in [6.07, 6.45) is 1.93. The highest BCUT2D eigenvalue weighted by atomic mass is 32.2. The van der Waals surface area contributed by atoms with Crippen molar-refractivity contribution in [2.75, 3.05) is 32.6 Å². The van der Waals surface area contributed by atoms with E-state index in [4.69, 9.17) is 14.2 Å². The molecule has 3 heterocycles. The van der Waals surface area contributed by atoms with Crippen LogP contribution in [0.4, 0.5) is 0 Å². The molecule has 1 aromatic heterocycles. The lowest BCUT2D eigenvalue weighted by molar-refractivity contribution is -0.129. The van der Waals surface area contributed by atoms with Crippen LogP contribution >= 0.6 is 11.8 Å². The normalized spacial score (nSPS) is 17.3. The molecule has 1 atom stereocenters. The monoisotopic (exact) mass is 466 g/mol. The predicted molar refractivity (Wildman–Crippen MR) is 125 cm³/mol. The van der Waals surface area contributed by atoms with Crippen molar-refractivity contribution in [1.82, 2.24) is 19.7 Å². The fourth-order valence-electron chi connectivity index (χ4n) is 4.32. The number of likely N-dealkylation sites (tertiary alicyclic amines) is 1. The van der Waals surface area contributed by atoms with Gasteiger partial charge in [0.25, 0.3) is 0 Å². The van der Waals surface area contributed by atoms with Crippen LogP contribution in [0.15, 0.2) is 47.6 Å². The number of hydrogen-bond acceptors (Lipinski definition) is 7. The zero-order valence-electron chi connectivity index (χ0n) is 18.7. The van der Waals surface area contributed by atoms with Gasteiger partial charge in [0.15, 0.2) is 22.5 Å². The number of nitrogens with zero attached hydrogens (tertiary/aromatic N) is 4. The minimum Gasteiger partial charge on any atom is -0.497 e. The van der Waals surface area contributed by atoms with E-state index in [1.165, 1.54) is 11.8 Å². The van der Waals surface area contributed by atoms with E-state index in [1.54, 1.807) is 7.11 Å². The second-order valence-electron chi connectivity index (χ2n) is 8.03. The maximum absolute atomic E-state index is 13.1. The zero-order chi connectivity index (χ0) is 22.8. The second-order valence-corrected chi connectivity index (χ2v) is 8.97. The number of fused-ring (bicyclic) bond motifs is 1. The molecule has 0 bridgehead atoms. The molecule has 2 aliphatic heterocycles. The highest BCUT2D eigenvalue weighted by Gasteiger charge is 2.31. The molecule has 2 aliphatic rings. The van der Waals surface area contributed by atoms with E-state index in [-0.39, 0.29) is 11.9 Å². The van der Waals surface area contributed by atoms with E-state index in [2.05, 4.69) is 10.2 Å². The van der Waals surface area contributed by atoms with Crippen LogP contribution in [0.2, 0.25) is 0 Å². The Balaban J connectivity index is 1.26. The van der Waals surface area contributed by atoms with Gasteiger partial charge in [-0.1, -0.05) is 17.8 Å². The lowest BCUT2D eigenvalue weighted by atomic mass is 10.0. The van der Waals surface area contributed by atoms with Crippen LogP contribution < -0.4 is 14.2 Å². The first-order valence-electron chi connectivity index (χ1n) is 11.0. The third-order valence-electron chi connectivity index (χ3n) is 6.03. The summed E-state index contributed by atoms with van der Waals surface area (Å²) >= 11 is 1.41. The summed E-state index contributed by atoms with van der Waals surface area (Å²) in [6, 6.07) is 13.7. The van der Waals surface area contributed by atoms with Crippen molar-refractivity contribution in [1.29, 1.82) is 0 Å². The summed E-state index contributed by atoms with van der Waals surface area (Å²) in [5.74, 6) is 3.49. The van der Waals surface area contributed by atoms with E-state index in [0.29, 0.717) is 24.1 Å². The van der Waals surface area contributed by atoms with Crippen molar-refractivity contribution in [2.24, 2.45) is 7.05 Å². The number of benzene rings is 2. The van der Waals surface area contributed by atoms with Crippen LogP contribution in [0.5, 0.6) is 17.2 Å². The molecule has 0 N–H and O–H groups in total. The number of hydrogen-bond donors (Lipinski definition) is 0. The topological polar surface area (TPSA) is 78.7 Å². The van der Waals surface area contributed by atoms with Gasteiger partial charge in [-0.05, 0) is 54.8 Å². The minimum atomic E-state index is 0.0586. The average Bonchev–Trinajstić information content (AvgIpc) is 3.49. The Morgan fingerprint density at radius 2 is 1.91 bits per heavy atom. The van der Waals surface area contributed by atoms with Gasteiger partial charge < -0.3 is 23.7 Å². The maximum Gasteiger partial charge on any atom is 0.233 e. The number of carbonyl (C=O) groups is 1. The number of aromatic nitrogens is 3. The quantitative estimate of drug-likeness (QED) is 0.513. The number of methoxy groups -OCH3 is 1. The van der Waals surface area contributed by atoms with Crippen LogP contribution in [-0.4, -0.2) is 58.2 Å². The van der Waals surface area contributed by atoms with Crippen molar-refractivity contribution in [3.05, 3.63) is 48.0 Å². The summed E-state index contributed by atoms with van der Waals surface area (Å²) in [4.78, 5) is 15.1. The van der Waals surface area contributed by atoms with Crippen molar-refractivity contribution >= 4 is 17.7 Å². The minimum absolute atomic E-state index is 0.0586. The molecule has 8 nitrogen and oxygen atoms in total. The van der Waals surface area contributed by atoms with E-state index in [9.17, 15) is 4.79 Å². The molecular formula is C24H26N4O4S. The number of carbonyl (C=O) groups excluding carboxylic acids is 1. The van der Waals surface area contributed by atoms with Gasteiger partial charge >= 0.3 is 0 Å². The third kappa shape index (κ3) is 4.37. The van der Waals surface area contributed by atoms with Crippen LogP contribution in [0.1, 0.15) is 24.4 Å². The molecule has 172 valence electrons. The molecule has 0 spiro atoms. The largest absolute Gasteiger partial charge is 0.497 e. The maximum atomic E-state index is 13.1. The Morgan fingerprint density at radius 3 is 2.70 bits per heavy atom. The van der Waals surface area contributed by atoms with Crippen LogP contribution in [0.3, 0.4) is 0 Å². The SMILES string of the molecule is COc1ccc(-c2nnc(SCC(=O)N3CCC[C@@H]3c3ccc4c(c3)OCCO4)n2C)cc1. The molecule has 0 radical (unpaired) electrons. The lowest BCUT2D eigenvalue weighted by Gasteiger charge is -2.26. The number of thioether (sulfide) groups is 1. The van der Waals surface area contributed by atoms with Crippen LogP contribution in [-0.2, 0) is 11.8 Å².